The third kappa shape index (κ3) is 3.67. The topological polar surface area (TPSA) is 91.8 Å². The summed E-state index contributed by atoms with van der Waals surface area (Å²) in [6.07, 6.45) is 1.95. The van der Waals surface area contributed by atoms with Gasteiger partial charge in [0.1, 0.15) is 11.4 Å². The maximum atomic E-state index is 12.5. The van der Waals surface area contributed by atoms with Crippen molar-refractivity contribution in [3.05, 3.63) is 54.2 Å². The maximum absolute atomic E-state index is 12.5. The third-order valence-corrected chi connectivity index (χ3v) is 4.61. The van der Waals surface area contributed by atoms with Gasteiger partial charge in [-0.05, 0) is 24.3 Å². The lowest BCUT2D eigenvalue weighted by atomic mass is 9.90. The SMILES string of the molecule is CN(c1ccccc1)c1ccc(C(=O)NC2(C(=O)O)CCOCC2)cn1. The molecule has 1 aliphatic rings. The van der Waals surface area contributed by atoms with Gasteiger partial charge < -0.3 is 20.1 Å². The highest BCUT2D eigenvalue weighted by molar-refractivity contribution is 5.97. The molecule has 2 aromatic rings. The van der Waals surface area contributed by atoms with E-state index in [0.717, 1.165) is 5.69 Å². The third-order valence-electron chi connectivity index (χ3n) is 4.61. The number of ether oxygens (including phenoxy) is 1. The number of pyridine rings is 1. The standard InChI is InChI=1S/C19H21N3O4/c1-22(15-5-3-2-4-6-15)16-8-7-14(13-20-16)17(23)21-19(18(24)25)9-11-26-12-10-19/h2-8,13H,9-12H2,1H3,(H,21,23)(H,24,25). The van der Waals surface area contributed by atoms with E-state index < -0.39 is 17.4 Å². The number of aromatic nitrogens is 1. The first kappa shape index (κ1) is 17.9. The number of hydrogen-bond acceptors (Lipinski definition) is 5. The first-order valence-corrected chi connectivity index (χ1v) is 8.40. The highest BCUT2D eigenvalue weighted by atomic mass is 16.5. The molecule has 2 N–H and O–H groups in total. The van der Waals surface area contributed by atoms with Crippen LogP contribution in [0.25, 0.3) is 0 Å². The number of carbonyl (C=O) groups is 2. The molecule has 1 saturated heterocycles. The number of anilines is 2. The second kappa shape index (κ2) is 7.53. The molecule has 136 valence electrons. The van der Waals surface area contributed by atoms with Gasteiger partial charge in [0.05, 0.1) is 5.56 Å². The van der Waals surface area contributed by atoms with E-state index in [1.54, 1.807) is 12.1 Å². The highest BCUT2D eigenvalue weighted by Crippen LogP contribution is 2.23. The fraction of sp³-hybridized carbons (Fsp3) is 0.316. The number of rotatable bonds is 5. The van der Waals surface area contributed by atoms with Gasteiger partial charge in [0.15, 0.2) is 0 Å². The Morgan fingerprint density at radius 1 is 1.15 bits per heavy atom. The van der Waals surface area contributed by atoms with Gasteiger partial charge in [0.2, 0.25) is 0 Å². The predicted octanol–water partition coefficient (Wildman–Crippen LogP) is 2.21. The average molecular weight is 355 g/mol. The van der Waals surface area contributed by atoms with Gasteiger partial charge in [-0.2, -0.15) is 0 Å². The number of carboxylic acids is 1. The van der Waals surface area contributed by atoms with Crippen LogP contribution in [0.1, 0.15) is 23.2 Å². The Labute approximate surface area is 151 Å². The molecule has 3 rings (SSSR count). The van der Waals surface area contributed by atoms with Crippen molar-refractivity contribution in [2.45, 2.75) is 18.4 Å². The van der Waals surface area contributed by atoms with Crippen LogP contribution in [0.2, 0.25) is 0 Å². The molecule has 1 amide bonds. The fourth-order valence-electron chi connectivity index (χ4n) is 2.90. The largest absolute Gasteiger partial charge is 0.480 e. The van der Waals surface area contributed by atoms with Gasteiger partial charge in [0, 0.05) is 45.0 Å². The molecule has 0 saturated carbocycles. The van der Waals surface area contributed by atoms with Crippen LogP contribution in [0.3, 0.4) is 0 Å². The van der Waals surface area contributed by atoms with Crippen LogP contribution in [0.5, 0.6) is 0 Å². The fourth-order valence-corrected chi connectivity index (χ4v) is 2.90. The van der Waals surface area contributed by atoms with E-state index in [1.807, 2.05) is 42.3 Å². The molecule has 1 aliphatic heterocycles. The molecule has 26 heavy (non-hydrogen) atoms. The molecule has 0 unspecified atom stereocenters. The van der Waals surface area contributed by atoms with E-state index >= 15 is 0 Å². The zero-order valence-corrected chi connectivity index (χ0v) is 14.5. The molecular weight excluding hydrogens is 334 g/mol. The molecule has 0 aliphatic carbocycles. The van der Waals surface area contributed by atoms with Crippen LogP contribution in [0, 0.1) is 0 Å². The zero-order chi connectivity index (χ0) is 18.6. The molecule has 0 atom stereocenters. The summed E-state index contributed by atoms with van der Waals surface area (Å²) >= 11 is 0. The number of hydrogen-bond donors (Lipinski definition) is 2. The number of carbonyl (C=O) groups excluding carboxylic acids is 1. The van der Waals surface area contributed by atoms with E-state index in [1.165, 1.54) is 6.20 Å². The van der Waals surface area contributed by atoms with Crippen LogP contribution < -0.4 is 10.2 Å². The summed E-state index contributed by atoms with van der Waals surface area (Å²) in [4.78, 5) is 30.4. The molecule has 1 fully saturated rings. The Hall–Kier alpha value is -2.93. The minimum Gasteiger partial charge on any atom is -0.480 e. The van der Waals surface area contributed by atoms with Crippen molar-refractivity contribution >= 4 is 23.4 Å². The number of amides is 1. The molecule has 7 nitrogen and oxygen atoms in total. The zero-order valence-electron chi connectivity index (χ0n) is 14.5. The van der Waals surface area contributed by atoms with Crippen LogP contribution in [0.4, 0.5) is 11.5 Å². The van der Waals surface area contributed by atoms with Gasteiger partial charge in [0.25, 0.3) is 5.91 Å². The lowest BCUT2D eigenvalue weighted by Gasteiger charge is -2.33. The molecule has 1 aromatic carbocycles. The smallest absolute Gasteiger partial charge is 0.329 e. The lowest BCUT2D eigenvalue weighted by molar-refractivity contribution is -0.148. The van der Waals surface area contributed by atoms with Crippen molar-refractivity contribution < 1.29 is 19.4 Å². The van der Waals surface area contributed by atoms with E-state index in [0.29, 0.717) is 24.6 Å². The Bertz CT molecular complexity index is 771. The van der Waals surface area contributed by atoms with Gasteiger partial charge >= 0.3 is 5.97 Å². The van der Waals surface area contributed by atoms with E-state index in [-0.39, 0.29) is 12.8 Å². The number of para-hydroxylation sites is 1. The molecule has 0 spiro atoms. The Kier molecular flexibility index (Phi) is 5.18. The van der Waals surface area contributed by atoms with Crippen LogP contribution >= 0.6 is 0 Å². The summed E-state index contributed by atoms with van der Waals surface area (Å²) in [5, 5.41) is 12.2. The molecule has 0 bridgehead atoms. The summed E-state index contributed by atoms with van der Waals surface area (Å²) in [6, 6.07) is 13.1. The van der Waals surface area contributed by atoms with Crippen molar-refractivity contribution in [3.8, 4) is 0 Å². The second-order valence-electron chi connectivity index (χ2n) is 6.25. The molecule has 7 heteroatoms. The van der Waals surface area contributed by atoms with E-state index in [9.17, 15) is 14.7 Å². The Balaban J connectivity index is 1.73. The lowest BCUT2D eigenvalue weighted by Crippen LogP contribution is -2.57. The summed E-state index contributed by atoms with van der Waals surface area (Å²) in [5.41, 5.74) is 0.0148. The number of nitrogens with zero attached hydrogens (tertiary/aromatic N) is 2. The number of aliphatic carboxylic acids is 1. The van der Waals surface area contributed by atoms with Crippen LogP contribution in [0.15, 0.2) is 48.7 Å². The minimum atomic E-state index is -1.28. The van der Waals surface area contributed by atoms with Gasteiger partial charge in [-0.25, -0.2) is 9.78 Å². The van der Waals surface area contributed by atoms with Crippen molar-refractivity contribution in [1.82, 2.24) is 10.3 Å². The number of nitrogens with one attached hydrogen (secondary N) is 1. The van der Waals surface area contributed by atoms with Crippen LogP contribution in [-0.4, -0.2) is 47.8 Å². The monoisotopic (exact) mass is 355 g/mol. The van der Waals surface area contributed by atoms with Crippen LogP contribution in [-0.2, 0) is 9.53 Å². The summed E-state index contributed by atoms with van der Waals surface area (Å²) < 4.78 is 5.21. The molecular formula is C19H21N3O4. The highest BCUT2D eigenvalue weighted by Gasteiger charge is 2.41. The predicted molar refractivity (Wildman–Crippen MR) is 96.6 cm³/mol. The Morgan fingerprint density at radius 2 is 1.85 bits per heavy atom. The second-order valence-corrected chi connectivity index (χ2v) is 6.25. The van der Waals surface area contributed by atoms with E-state index in [2.05, 4.69) is 10.3 Å². The average Bonchev–Trinajstić information content (AvgIpc) is 2.69. The van der Waals surface area contributed by atoms with E-state index in [4.69, 9.17) is 4.74 Å². The van der Waals surface area contributed by atoms with Gasteiger partial charge in [-0.3, -0.25) is 4.79 Å². The van der Waals surface area contributed by atoms with Gasteiger partial charge in [-0.1, -0.05) is 18.2 Å². The normalized spacial score (nSPS) is 15.9. The first-order chi connectivity index (χ1) is 12.5. The van der Waals surface area contributed by atoms with Crippen molar-refractivity contribution in [2.24, 2.45) is 0 Å². The number of benzene rings is 1. The summed E-state index contributed by atoms with van der Waals surface area (Å²) in [7, 11) is 1.89. The van der Waals surface area contributed by atoms with Crippen molar-refractivity contribution in [3.63, 3.8) is 0 Å². The minimum absolute atomic E-state index is 0.246. The molecule has 0 radical (unpaired) electrons. The maximum Gasteiger partial charge on any atom is 0.329 e. The number of carboxylic acid groups (broad SMARTS) is 1. The summed E-state index contributed by atoms with van der Waals surface area (Å²) in [6.45, 7) is 0.622. The summed E-state index contributed by atoms with van der Waals surface area (Å²) in [5.74, 6) is -0.801. The Morgan fingerprint density at radius 3 is 2.42 bits per heavy atom. The molecule has 1 aromatic heterocycles. The quantitative estimate of drug-likeness (QED) is 0.854. The first-order valence-electron chi connectivity index (χ1n) is 8.40. The van der Waals surface area contributed by atoms with Crippen molar-refractivity contribution in [1.29, 1.82) is 0 Å². The van der Waals surface area contributed by atoms with Crippen molar-refractivity contribution in [2.75, 3.05) is 25.2 Å². The molecule has 2 heterocycles. The van der Waals surface area contributed by atoms with Gasteiger partial charge in [-0.15, -0.1) is 0 Å².